The van der Waals surface area contributed by atoms with Gasteiger partial charge in [-0.25, -0.2) is 0 Å². The number of hydrogen-bond acceptors (Lipinski definition) is 3. The van der Waals surface area contributed by atoms with Crippen molar-refractivity contribution in [2.75, 3.05) is 32.8 Å². The van der Waals surface area contributed by atoms with Gasteiger partial charge in [0.05, 0.1) is 13.2 Å². The van der Waals surface area contributed by atoms with E-state index in [9.17, 15) is 0 Å². The van der Waals surface area contributed by atoms with Gasteiger partial charge in [0.1, 0.15) is 0 Å². The Morgan fingerprint density at radius 2 is 1.89 bits per heavy atom. The van der Waals surface area contributed by atoms with Gasteiger partial charge in [-0.3, -0.25) is 4.90 Å². The first-order valence-electron chi connectivity index (χ1n) is 8.37. The summed E-state index contributed by atoms with van der Waals surface area (Å²) in [5, 5.41) is 3.90. The van der Waals surface area contributed by atoms with Gasteiger partial charge < -0.3 is 10.1 Å². The van der Waals surface area contributed by atoms with Gasteiger partial charge in [0.2, 0.25) is 0 Å². The lowest BCUT2D eigenvalue weighted by atomic mass is 9.82. The van der Waals surface area contributed by atoms with Crippen LogP contribution in [0.4, 0.5) is 0 Å². The van der Waals surface area contributed by atoms with Crippen LogP contribution in [0, 0.1) is 11.8 Å². The molecule has 0 radical (unpaired) electrons. The number of ether oxygens (including phenoxy) is 1. The molecule has 3 rings (SSSR count). The second-order valence-corrected chi connectivity index (χ2v) is 6.94. The van der Waals surface area contributed by atoms with Crippen LogP contribution in [0.2, 0.25) is 0 Å². The van der Waals surface area contributed by atoms with Crippen molar-refractivity contribution in [3.63, 3.8) is 0 Å². The Labute approximate surface area is 118 Å². The number of hydrogen-bond donors (Lipinski definition) is 1. The minimum Gasteiger partial charge on any atom is -0.379 e. The molecule has 110 valence electrons. The van der Waals surface area contributed by atoms with Crippen molar-refractivity contribution >= 4 is 0 Å². The summed E-state index contributed by atoms with van der Waals surface area (Å²) in [5.41, 5.74) is 0. The van der Waals surface area contributed by atoms with Gasteiger partial charge in [-0.15, -0.1) is 0 Å². The smallest absolute Gasteiger partial charge is 0.0594 e. The number of nitrogens with one attached hydrogen (secondary N) is 1. The second-order valence-electron chi connectivity index (χ2n) is 6.94. The van der Waals surface area contributed by atoms with Gasteiger partial charge in [-0.2, -0.15) is 0 Å². The summed E-state index contributed by atoms with van der Waals surface area (Å²) in [5.74, 6) is 2.14. The van der Waals surface area contributed by atoms with Crippen molar-refractivity contribution in [3.05, 3.63) is 0 Å². The zero-order chi connectivity index (χ0) is 13.1. The Kier molecular flexibility index (Phi) is 4.78. The highest BCUT2D eigenvalue weighted by Gasteiger charge is 2.34. The Balaban J connectivity index is 1.39. The lowest BCUT2D eigenvalue weighted by Gasteiger charge is -2.34. The van der Waals surface area contributed by atoms with Crippen molar-refractivity contribution in [2.24, 2.45) is 11.8 Å². The third kappa shape index (κ3) is 4.17. The van der Waals surface area contributed by atoms with E-state index in [1.54, 1.807) is 0 Å². The van der Waals surface area contributed by atoms with Crippen molar-refractivity contribution in [2.45, 2.75) is 57.5 Å². The van der Waals surface area contributed by atoms with Crippen LogP contribution < -0.4 is 5.32 Å². The maximum atomic E-state index is 5.42. The molecule has 1 saturated heterocycles. The van der Waals surface area contributed by atoms with Gasteiger partial charge in [0, 0.05) is 31.7 Å². The summed E-state index contributed by atoms with van der Waals surface area (Å²) < 4.78 is 5.42. The van der Waals surface area contributed by atoms with E-state index in [2.05, 4.69) is 17.1 Å². The first-order valence-corrected chi connectivity index (χ1v) is 8.37. The molecule has 3 nitrogen and oxygen atoms in total. The third-order valence-electron chi connectivity index (χ3n) is 5.16. The predicted octanol–water partition coefficient (Wildman–Crippen LogP) is 2.27. The largest absolute Gasteiger partial charge is 0.379 e. The molecular weight excluding hydrogens is 236 g/mol. The molecule has 3 unspecified atom stereocenters. The van der Waals surface area contributed by atoms with Crippen LogP contribution in [-0.4, -0.2) is 49.8 Å². The average molecular weight is 266 g/mol. The number of rotatable bonds is 5. The molecule has 3 heteroatoms. The van der Waals surface area contributed by atoms with E-state index < -0.39 is 0 Å². The van der Waals surface area contributed by atoms with Crippen molar-refractivity contribution in [3.8, 4) is 0 Å². The van der Waals surface area contributed by atoms with E-state index in [-0.39, 0.29) is 0 Å². The molecule has 1 aliphatic heterocycles. The topological polar surface area (TPSA) is 24.5 Å². The van der Waals surface area contributed by atoms with Gasteiger partial charge in [0.25, 0.3) is 0 Å². The zero-order valence-electron chi connectivity index (χ0n) is 12.4. The summed E-state index contributed by atoms with van der Waals surface area (Å²) in [6, 6.07) is 1.41. The van der Waals surface area contributed by atoms with E-state index in [4.69, 9.17) is 4.74 Å². The van der Waals surface area contributed by atoms with Gasteiger partial charge in [-0.05, 0) is 44.4 Å². The third-order valence-corrected chi connectivity index (χ3v) is 5.16. The predicted molar refractivity (Wildman–Crippen MR) is 78.3 cm³/mol. The average Bonchev–Trinajstić information content (AvgIpc) is 3.24. The fourth-order valence-electron chi connectivity index (χ4n) is 4.00. The first kappa shape index (κ1) is 13.8. The van der Waals surface area contributed by atoms with Gasteiger partial charge in [0.15, 0.2) is 0 Å². The van der Waals surface area contributed by atoms with Gasteiger partial charge in [-0.1, -0.05) is 12.8 Å². The Morgan fingerprint density at radius 1 is 1.11 bits per heavy atom. The van der Waals surface area contributed by atoms with Crippen LogP contribution >= 0.6 is 0 Å². The Morgan fingerprint density at radius 3 is 2.63 bits per heavy atom. The van der Waals surface area contributed by atoms with Crippen LogP contribution in [0.15, 0.2) is 0 Å². The molecule has 0 spiro atoms. The van der Waals surface area contributed by atoms with Crippen LogP contribution in [0.25, 0.3) is 0 Å². The molecule has 0 aromatic heterocycles. The summed E-state index contributed by atoms with van der Waals surface area (Å²) in [7, 11) is 0. The first-order chi connectivity index (χ1) is 9.31. The molecule has 19 heavy (non-hydrogen) atoms. The Hall–Kier alpha value is -0.120. The molecule has 2 aliphatic carbocycles. The highest BCUT2D eigenvalue weighted by atomic mass is 16.5. The maximum Gasteiger partial charge on any atom is 0.0594 e. The molecule has 0 aromatic rings. The van der Waals surface area contributed by atoms with Crippen molar-refractivity contribution in [1.29, 1.82) is 0 Å². The molecule has 3 atom stereocenters. The Bertz CT molecular complexity index is 274. The van der Waals surface area contributed by atoms with Crippen molar-refractivity contribution < 1.29 is 4.74 Å². The highest BCUT2D eigenvalue weighted by Crippen LogP contribution is 2.43. The zero-order valence-corrected chi connectivity index (χ0v) is 12.4. The molecule has 0 bridgehead atoms. The van der Waals surface area contributed by atoms with Crippen LogP contribution in [0.5, 0.6) is 0 Å². The summed E-state index contributed by atoms with van der Waals surface area (Å²) in [6.07, 6.45) is 8.82. The molecular formula is C16H30N2O. The molecule has 0 aromatic carbocycles. The maximum absolute atomic E-state index is 5.42. The number of nitrogens with zero attached hydrogens (tertiary/aromatic N) is 1. The van der Waals surface area contributed by atoms with E-state index in [0.717, 1.165) is 44.2 Å². The number of morpholine rings is 1. The summed E-state index contributed by atoms with van der Waals surface area (Å²) in [4.78, 5) is 2.54. The highest BCUT2D eigenvalue weighted by molar-refractivity contribution is 4.88. The van der Waals surface area contributed by atoms with E-state index in [0.29, 0.717) is 6.04 Å². The van der Waals surface area contributed by atoms with E-state index in [1.165, 1.54) is 45.1 Å². The van der Waals surface area contributed by atoms with Crippen LogP contribution in [0.3, 0.4) is 0 Å². The fraction of sp³-hybridized carbons (Fsp3) is 1.00. The van der Waals surface area contributed by atoms with Gasteiger partial charge >= 0.3 is 0 Å². The van der Waals surface area contributed by atoms with E-state index >= 15 is 0 Å². The normalized spacial score (nSPS) is 35.2. The lowest BCUT2D eigenvalue weighted by Crippen LogP contribution is -2.48. The molecule has 1 N–H and O–H groups in total. The molecule has 1 heterocycles. The fourth-order valence-corrected chi connectivity index (χ4v) is 4.00. The SMILES string of the molecule is CC(CN1CCOCC1)NC1CCCC(C2CC2)C1. The summed E-state index contributed by atoms with van der Waals surface area (Å²) in [6.45, 7) is 7.60. The second kappa shape index (κ2) is 6.55. The van der Waals surface area contributed by atoms with Crippen LogP contribution in [-0.2, 0) is 4.74 Å². The quantitative estimate of drug-likeness (QED) is 0.826. The molecule has 0 amide bonds. The minimum atomic E-state index is 0.626. The standard InChI is InChI=1S/C16H30N2O/c1-13(12-18-7-9-19-10-8-18)17-16-4-2-3-15(11-16)14-5-6-14/h13-17H,2-12H2,1H3. The monoisotopic (exact) mass is 266 g/mol. The van der Waals surface area contributed by atoms with Crippen LogP contribution in [0.1, 0.15) is 45.4 Å². The molecule has 3 aliphatic rings. The summed E-state index contributed by atoms with van der Waals surface area (Å²) >= 11 is 0. The lowest BCUT2D eigenvalue weighted by molar-refractivity contribution is 0.0333. The molecule has 2 saturated carbocycles. The minimum absolute atomic E-state index is 0.626. The van der Waals surface area contributed by atoms with E-state index in [1.807, 2.05) is 0 Å². The van der Waals surface area contributed by atoms with Crippen molar-refractivity contribution in [1.82, 2.24) is 10.2 Å². The molecule has 3 fully saturated rings.